The minimum Gasteiger partial charge on any atom is -0.377 e. The monoisotopic (exact) mass is 267 g/mol. The second-order valence-electron chi connectivity index (χ2n) is 4.16. The van der Waals surface area contributed by atoms with Crippen LogP contribution in [0.5, 0.6) is 0 Å². The van der Waals surface area contributed by atoms with Gasteiger partial charge in [0.25, 0.3) is 5.91 Å². The van der Waals surface area contributed by atoms with Crippen molar-refractivity contribution in [2.75, 3.05) is 26.8 Å². The molecule has 1 saturated heterocycles. The van der Waals surface area contributed by atoms with Gasteiger partial charge in [-0.15, -0.1) is 5.10 Å². The van der Waals surface area contributed by atoms with Gasteiger partial charge < -0.3 is 15.0 Å². The maximum Gasteiger partial charge on any atom is 0.294 e. The molecule has 0 aliphatic carbocycles. The van der Waals surface area contributed by atoms with Crippen LogP contribution in [0, 0.1) is 0 Å². The molecule has 0 bridgehead atoms. The minimum atomic E-state index is -0.630. The van der Waals surface area contributed by atoms with Crippen molar-refractivity contribution < 1.29 is 14.3 Å². The average Bonchev–Trinajstić information content (AvgIpc) is 2.94. The Balaban J connectivity index is 2.17. The van der Waals surface area contributed by atoms with Gasteiger partial charge in [0.05, 0.1) is 13.2 Å². The Morgan fingerprint density at radius 1 is 1.58 bits per heavy atom. The van der Waals surface area contributed by atoms with E-state index in [2.05, 4.69) is 20.5 Å². The molecule has 2 N–H and O–H groups in total. The summed E-state index contributed by atoms with van der Waals surface area (Å²) < 4.78 is 5.24. The number of ether oxygens (including phenoxy) is 1. The Morgan fingerprint density at radius 2 is 2.37 bits per heavy atom. The smallest absolute Gasteiger partial charge is 0.294 e. The number of likely N-dealkylation sites (N-methyl/N-ethyl adjacent to an activating group) is 1. The van der Waals surface area contributed by atoms with Crippen LogP contribution >= 0.6 is 0 Å². The third kappa shape index (κ3) is 2.73. The van der Waals surface area contributed by atoms with E-state index in [9.17, 15) is 9.59 Å². The van der Waals surface area contributed by atoms with Crippen molar-refractivity contribution >= 4 is 11.8 Å². The molecule has 1 atom stereocenters. The predicted octanol–water partition coefficient (Wildman–Crippen LogP) is -1.05. The standard InChI is InChI=1S/C11H17N5O3/c1-3-8-13-9(15-14-8)11(18)16-4-5-19-6-7(16)10(17)12-2/h7H,3-6H2,1-2H3,(H,12,17)(H,13,14,15). The van der Waals surface area contributed by atoms with Gasteiger partial charge in [-0.3, -0.25) is 14.7 Å². The molecular weight excluding hydrogens is 250 g/mol. The van der Waals surface area contributed by atoms with Crippen molar-refractivity contribution in [2.45, 2.75) is 19.4 Å². The van der Waals surface area contributed by atoms with Gasteiger partial charge in [-0.1, -0.05) is 6.92 Å². The number of amides is 2. The Morgan fingerprint density at radius 3 is 3.00 bits per heavy atom. The number of H-pyrrole nitrogens is 1. The first-order valence-electron chi connectivity index (χ1n) is 6.19. The first-order valence-corrected chi connectivity index (χ1v) is 6.19. The fourth-order valence-corrected chi connectivity index (χ4v) is 1.91. The lowest BCUT2D eigenvalue weighted by Crippen LogP contribution is -2.55. The first kappa shape index (κ1) is 13.5. The van der Waals surface area contributed by atoms with Crippen LogP contribution in [0.1, 0.15) is 23.4 Å². The normalized spacial score (nSPS) is 19.3. The first-order chi connectivity index (χ1) is 9.17. The number of aryl methyl sites for hydroxylation is 1. The zero-order chi connectivity index (χ0) is 13.8. The molecule has 2 amide bonds. The van der Waals surface area contributed by atoms with Crippen LogP contribution in [0.2, 0.25) is 0 Å². The van der Waals surface area contributed by atoms with Crippen molar-refractivity contribution in [3.05, 3.63) is 11.6 Å². The second-order valence-corrected chi connectivity index (χ2v) is 4.16. The number of hydrogen-bond acceptors (Lipinski definition) is 5. The fraction of sp³-hybridized carbons (Fsp3) is 0.636. The number of rotatable bonds is 3. The third-order valence-corrected chi connectivity index (χ3v) is 3.00. The molecule has 0 radical (unpaired) electrons. The van der Waals surface area contributed by atoms with E-state index in [4.69, 9.17) is 4.74 Å². The zero-order valence-corrected chi connectivity index (χ0v) is 11.0. The highest BCUT2D eigenvalue weighted by atomic mass is 16.5. The summed E-state index contributed by atoms with van der Waals surface area (Å²) in [5, 5.41) is 9.10. The number of nitrogens with one attached hydrogen (secondary N) is 2. The molecule has 19 heavy (non-hydrogen) atoms. The van der Waals surface area contributed by atoms with Crippen LogP contribution in [0.4, 0.5) is 0 Å². The highest BCUT2D eigenvalue weighted by Gasteiger charge is 2.34. The third-order valence-electron chi connectivity index (χ3n) is 3.00. The molecule has 1 aromatic heterocycles. The molecular formula is C11H17N5O3. The van der Waals surface area contributed by atoms with Crippen LogP contribution in [0.15, 0.2) is 0 Å². The summed E-state index contributed by atoms with van der Waals surface area (Å²) in [6.45, 7) is 2.87. The lowest BCUT2D eigenvalue weighted by atomic mass is 10.2. The lowest BCUT2D eigenvalue weighted by Gasteiger charge is -2.33. The van der Waals surface area contributed by atoms with Crippen molar-refractivity contribution in [3.8, 4) is 0 Å². The maximum absolute atomic E-state index is 12.3. The van der Waals surface area contributed by atoms with E-state index in [1.165, 1.54) is 11.9 Å². The number of aromatic amines is 1. The highest BCUT2D eigenvalue weighted by Crippen LogP contribution is 2.11. The summed E-state index contributed by atoms with van der Waals surface area (Å²) >= 11 is 0. The van der Waals surface area contributed by atoms with Gasteiger partial charge in [-0.2, -0.15) is 0 Å². The van der Waals surface area contributed by atoms with E-state index in [1.807, 2.05) is 6.92 Å². The molecule has 0 saturated carbocycles. The van der Waals surface area contributed by atoms with E-state index in [1.54, 1.807) is 0 Å². The number of carbonyl (C=O) groups excluding carboxylic acids is 2. The Bertz CT molecular complexity index is 473. The van der Waals surface area contributed by atoms with Gasteiger partial charge >= 0.3 is 0 Å². The van der Waals surface area contributed by atoms with Crippen LogP contribution in [-0.2, 0) is 16.0 Å². The SMILES string of the molecule is CCc1nc(C(=O)N2CCOCC2C(=O)NC)n[nH]1. The van der Waals surface area contributed by atoms with Crippen LogP contribution in [0.25, 0.3) is 0 Å². The lowest BCUT2D eigenvalue weighted by molar-refractivity contribution is -0.130. The summed E-state index contributed by atoms with van der Waals surface area (Å²) in [4.78, 5) is 29.6. The number of nitrogens with zero attached hydrogens (tertiary/aromatic N) is 3. The zero-order valence-electron chi connectivity index (χ0n) is 11.0. The number of hydrogen-bond donors (Lipinski definition) is 2. The quantitative estimate of drug-likeness (QED) is 0.728. The highest BCUT2D eigenvalue weighted by molar-refractivity contribution is 5.95. The summed E-state index contributed by atoms with van der Waals surface area (Å²) in [6.07, 6.45) is 0.669. The summed E-state index contributed by atoms with van der Waals surface area (Å²) in [7, 11) is 1.53. The molecule has 8 nitrogen and oxygen atoms in total. The van der Waals surface area contributed by atoms with E-state index < -0.39 is 6.04 Å². The van der Waals surface area contributed by atoms with Gasteiger partial charge in [0.1, 0.15) is 11.9 Å². The molecule has 1 aliphatic heterocycles. The molecule has 1 fully saturated rings. The van der Waals surface area contributed by atoms with Gasteiger partial charge in [-0.05, 0) is 0 Å². The second kappa shape index (κ2) is 5.79. The van der Waals surface area contributed by atoms with Crippen LogP contribution in [-0.4, -0.2) is 64.7 Å². The van der Waals surface area contributed by atoms with Crippen molar-refractivity contribution in [3.63, 3.8) is 0 Å². The Hall–Kier alpha value is -1.96. The van der Waals surface area contributed by atoms with E-state index in [0.29, 0.717) is 25.4 Å². The summed E-state index contributed by atoms with van der Waals surface area (Å²) in [5.74, 6) is 0.132. The van der Waals surface area contributed by atoms with Crippen molar-refractivity contribution in [2.24, 2.45) is 0 Å². The number of carbonyl (C=O) groups is 2. The minimum absolute atomic E-state index is 0.0904. The average molecular weight is 267 g/mol. The van der Waals surface area contributed by atoms with Gasteiger partial charge in [0.15, 0.2) is 0 Å². The molecule has 8 heteroatoms. The van der Waals surface area contributed by atoms with Gasteiger partial charge in [0.2, 0.25) is 11.7 Å². The van der Waals surface area contributed by atoms with E-state index >= 15 is 0 Å². The number of aromatic nitrogens is 3. The number of morpholine rings is 1. The fourth-order valence-electron chi connectivity index (χ4n) is 1.91. The molecule has 0 aromatic carbocycles. The van der Waals surface area contributed by atoms with E-state index in [-0.39, 0.29) is 24.2 Å². The van der Waals surface area contributed by atoms with Crippen molar-refractivity contribution in [1.29, 1.82) is 0 Å². The Kier molecular flexibility index (Phi) is 4.10. The van der Waals surface area contributed by atoms with Crippen LogP contribution < -0.4 is 5.32 Å². The largest absolute Gasteiger partial charge is 0.377 e. The summed E-state index contributed by atoms with van der Waals surface area (Å²) in [6, 6.07) is -0.630. The molecule has 2 heterocycles. The van der Waals surface area contributed by atoms with Crippen molar-refractivity contribution in [1.82, 2.24) is 25.4 Å². The molecule has 1 unspecified atom stereocenters. The summed E-state index contributed by atoms with van der Waals surface area (Å²) in [5.41, 5.74) is 0. The molecule has 1 aromatic rings. The molecule has 1 aliphatic rings. The Labute approximate surface area is 110 Å². The predicted molar refractivity (Wildman–Crippen MR) is 65.5 cm³/mol. The molecule has 0 spiro atoms. The maximum atomic E-state index is 12.3. The topological polar surface area (TPSA) is 100 Å². The van der Waals surface area contributed by atoms with Gasteiger partial charge in [0, 0.05) is 20.0 Å². The van der Waals surface area contributed by atoms with Crippen LogP contribution in [0.3, 0.4) is 0 Å². The molecule has 2 rings (SSSR count). The molecule has 104 valence electrons. The van der Waals surface area contributed by atoms with E-state index in [0.717, 1.165) is 0 Å². The van der Waals surface area contributed by atoms with Gasteiger partial charge in [-0.25, -0.2) is 4.98 Å².